The van der Waals surface area contributed by atoms with Gasteiger partial charge in [0.1, 0.15) is 11.6 Å². The average Bonchev–Trinajstić information content (AvgIpc) is 2.63. The van der Waals surface area contributed by atoms with Crippen LogP contribution >= 0.6 is 0 Å². The van der Waals surface area contributed by atoms with Crippen LogP contribution in [0.2, 0.25) is 0 Å². The number of aryl methyl sites for hydroxylation is 1. The Bertz CT molecular complexity index is 958. The number of halogens is 4. The second kappa shape index (κ2) is 7.93. The van der Waals surface area contributed by atoms with Gasteiger partial charge in [0, 0.05) is 5.56 Å². The Morgan fingerprint density at radius 1 is 1.17 bits per heavy atom. The number of aliphatic carboxylic acids is 1. The van der Waals surface area contributed by atoms with Crippen LogP contribution in [0, 0.1) is 11.2 Å². The molecule has 2 aromatic rings. The quantitative estimate of drug-likeness (QED) is 0.575. The molecule has 0 saturated heterocycles. The molecule has 0 amide bonds. The molecule has 1 aliphatic heterocycles. The van der Waals surface area contributed by atoms with Gasteiger partial charge in [-0.3, -0.25) is 4.79 Å². The minimum Gasteiger partial charge on any atom is -0.493 e. The fraction of sp³-hybridized carbons (Fsp3) is 0.435. The first-order valence-corrected chi connectivity index (χ1v) is 9.77. The minimum atomic E-state index is -4.82. The van der Waals surface area contributed by atoms with E-state index in [2.05, 4.69) is 0 Å². The SMILES string of the molecule is CC(C)(C)CC(C(=O)O)c1c(C(F)(F)F)ccc(F)c1-c1ccc2c(c1)CCCO2. The molecule has 1 N–H and O–H groups in total. The molecule has 0 aliphatic carbocycles. The van der Waals surface area contributed by atoms with Gasteiger partial charge in [0.05, 0.1) is 18.1 Å². The lowest BCUT2D eigenvalue weighted by molar-refractivity contribution is -0.142. The van der Waals surface area contributed by atoms with Gasteiger partial charge in [-0.05, 0) is 65.6 Å². The molecule has 1 unspecified atom stereocenters. The van der Waals surface area contributed by atoms with E-state index >= 15 is 4.39 Å². The van der Waals surface area contributed by atoms with Crippen LogP contribution in [-0.4, -0.2) is 17.7 Å². The van der Waals surface area contributed by atoms with E-state index in [0.717, 1.165) is 18.1 Å². The number of carboxylic acids is 1. The van der Waals surface area contributed by atoms with Crippen molar-refractivity contribution in [3.63, 3.8) is 0 Å². The first-order chi connectivity index (χ1) is 13.9. The Balaban J connectivity index is 2.30. The van der Waals surface area contributed by atoms with E-state index in [1.165, 1.54) is 6.07 Å². The van der Waals surface area contributed by atoms with Crippen LogP contribution in [0.25, 0.3) is 11.1 Å². The maximum atomic E-state index is 15.0. The van der Waals surface area contributed by atoms with Gasteiger partial charge in [0.25, 0.3) is 0 Å². The second-order valence-corrected chi connectivity index (χ2v) is 8.81. The molecule has 0 spiro atoms. The lowest BCUT2D eigenvalue weighted by Gasteiger charge is -2.28. The van der Waals surface area contributed by atoms with E-state index in [9.17, 15) is 23.1 Å². The van der Waals surface area contributed by atoms with Crippen molar-refractivity contribution in [3.05, 3.63) is 52.8 Å². The topological polar surface area (TPSA) is 46.5 Å². The van der Waals surface area contributed by atoms with E-state index in [0.29, 0.717) is 24.8 Å². The Hall–Kier alpha value is -2.57. The summed E-state index contributed by atoms with van der Waals surface area (Å²) in [6.45, 7) is 5.77. The lowest BCUT2D eigenvalue weighted by atomic mass is 9.77. The predicted octanol–water partition coefficient (Wildman–Crippen LogP) is 6.44. The van der Waals surface area contributed by atoms with Gasteiger partial charge in [-0.2, -0.15) is 13.2 Å². The largest absolute Gasteiger partial charge is 0.493 e. The monoisotopic (exact) mass is 424 g/mol. The molecule has 0 aromatic heterocycles. The van der Waals surface area contributed by atoms with E-state index in [-0.39, 0.29) is 17.5 Å². The molecular formula is C23H24F4O3. The maximum absolute atomic E-state index is 15.0. The summed E-state index contributed by atoms with van der Waals surface area (Å²) in [7, 11) is 0. The molecule has 3 rings (SSSR count). The standard InChI is InChI=1S/C23H24F4O3/c1-22(2,3)12-15(21(28)29)20-16(23(25,26)27)7-8-17(24)19(20)14-6-9-18-13(11-14)5-4-10-30-18/h6-9,11,15H,4-5,10,12H2,1-3H3,(H,28,29). The first-order valence-electron chi connectivity index (χ1n) is 9.77. The molecule has 0 radical (unpaired) electrons. The summed E-state index contributed by atoms with van der Waals surface area (Å²) in [6.07, 6.45) is -3.49. The van der Waals surface area contributed by atoms with Crippen LogP contribution in [-0.2, 0) is 17.4 Å². The third kappa shape index (κ3) is 4.60. The van der Waals surface area contributed by atoms with Gasteiger partial charge in [-0.15, -0.1) is 0 Å². The number of carbonyl (C=O) groups is 1. The minimum absolute atomic E-state index is 0.0735. The highest BCUT2D eigenvalue weighted by molar-refractivity contribution is 5.83. The smallest absolute Gasteiger partial charge is 0.416 e. The van der Waals surface area contributed by atoms with Crippen molar-refractivity contribution in [1.82, 2.24) is 0 Å². The molecule has 2 aromatic carbocycles. The lowest BCUT2D eigenvalue weighted by Crippen LogP contribution is -2.24. The van der Waals surface area contributed by atoms with E-state index in [4.69, 9.17) is 4.74 Å². The molecule has 162 valence electrons. The molecule has 1 heterocycles. The highest BCUT2D eigenvalue weighted by Gasteiger charge is 2.41. The third-order valence-electron chi connectivity index (χ3n) is 5.16. The molecule has 0 saturated carbocycles. The zero-order valence-electron chi connectivity index (χ0n) is 17.1. The molecule has 3 nitrogen and oxygen atoms in total. The third-order valence-corrected chi connectivity index (χ3v) is 5.16. The second-order valence-electron chi connectivity index (χ2n) is 8.81. The first kappa shape index (κ1) is 22.1. The highest BCUT2D eigenvalue weighted by atomic mass is 19.4. The van der Waals surface area contributed by atoms with Crippen LogP contribution < -0.4 is 4.74 Å². The average molecular weight is 424 g/mol. The van der Waals surface area contributed by atoms with Crippen molar-refractivity contribution < 1.29 is 32.2 Å². The molecule has 30 heavy (non-hydrogen) atoms. The maximum Gasteiger partial charge on any atom is 0.416 e. The fourth-order valence-electron chi connectivity index (χ4n) is 3.94. The van der Waals surface area contributed by atoms with Crippen molar-refractivity contribution in [2.75, 3.05) is 6.61 Å². The fourth-order valence-corrected chi connectivity index (χ4v) is 3.94. The molecular weight excluding hydrogens is 400 g/mol. The summed E-state index contributed by atoms with van der Waals surface area (Å²) < 4.78 is 62.1. The van der Waals surface area contributed by atoms with Gasteiger partial charge in [-0.1, -0.05) is 26.8 Å². The van der Waals surface area contributed by atoms with Gasteiger partial charge < -0.3 is 9.84 Å². The molecule has 1 aliphatic rings. The van der Waals surface area contributed by atoms with Gasteiger partial charge in [0.2, 0.25) is 0 Å². The van der Waals surface area contributed by atoms with Crippen LogP contribution in [0.15, 0.2) is 30.3 Å². The van der Waals surface area contributed by atoms with Crippen molar-refractivity contribution in [1.29, 1.82) is 0 Å². The Kier molecular flexibility index (Phi) is 5.85. The van der Waals surface area contributed by atoms with Crippen molar-refractivity contribution in [2.45, 2.75) is 52.1 Å². The summed E-state index contributed by atoms with van der Waals surface area (Å²) in [5, 5.41) is 9.82. The predicted molar refractivity (Wildman–Crippen MR) is 105 cm³/mol. The zero-order chi connectivity index (χ0) is 22.3. The Morgan fingerprint density at radius 3 is 2.47 bits per heavy atom. The van der Waals surface area contributed by atoms with Gasteiger partial charge in [0.15, 0.2) is 0 Å². The number of ether oxygens (including phenoxy) is 1. The summed E-state index contributed by atoms with van der Waals surface area (Å²) in [5.41, 5.74) is -1.55. The van der Waals surface area contributed by atoms with Crippen molar-refractivity contribution in [3.8, 4) is 16.9 Å². The van der Waals surface area contributed by atoms with Gasteiger partial charge >= 0.3 is 12.1 Å². The van der Waals surface area contributed by atoms with Crippen LogP contribution in [0.5, 0.6) is 5.75 Å². The summed E-state index contributed by atoms with van der Waals surface area (Å²) in [5.74, 6) is -3.19. The molecule has 1 atom stereocenters. The Labute approximate surface area is 172 Å². The van der Waals surface area contributed by atoms with Crippen LogP contribution in [0.4, 0.5) is 17.6 Å². The number of alkyl halides is 3. The van der Waals surface area contributed by atoms with Gasteiger partial charge in [-0.25, -0.2) is 4.39 Å². The number of rotatable bonds is 4. The van der Waals surface area contributed by atoms with E-state index in [1.54, 1.807) is 32.9 Å². The normalized spacial score (nSPS) is 15.3. The highest BCUT2D eigenvalue weighted by Crippen LogP contribution is 2.45. The van der Waals surface area contributed by atoms with Crippen LogP contribution in [0.1, 0.15) is 56.2 Å². The van der Waals surface area contributed by atoms with Crippen molar-refractivity contribution in [2.24, 2.45) is 5.41 Å². The van der Waals surface area contributed by atoms with Crippen molar-refractivity contribution >= 4 is 5.97 Å². The summed E-state index contributed by atoms with van der Waals surface area (Å²) in [6, 6.07) is 6.09. The van der Waals surface area contributed by atoms with E-state index < -0.39 is 40.4 Å². The zero-order valence-corrected chi connectivity index (χ0v) is 17.1. The number of carboxylic acid groups (broad SMARTS) is 1. The summed E-state index contributed by atoms with van der Waals surface area (Å²) >= 11 is 0. The van der Waals surface area contributed by atoms with E-state index in [1.807, 2.05) is 0 Å². The number of fused-ring (bicyclic) bond motifs is 1. The number of hydrogen-bond donors (Lipinski definition) is 1. The molecule has 7 heteroatoms. The molecule has 0 fully saturated rings. The number of hydrogen-bond acceptors (Lipinski definition) is 2. The van der Waals surface area contributed by atoms with Crippen LogP contribution in [0.3, 0.4) is 0 Å². The Morgan fingerprint density at radius 2 is 1.87 bits per heavy atom. The summed E-state index contributed by atoms with van der Waals surface area (Å²) in [4.78, 5) is 12.1. The number of benzene rings is 2. The molecule has 0 bridgehead atoms.